The van der Waals surface area contributed by atoms with E-state index < -0.39 is 44.1 Å². The Kier molecular flexibility index (Phi) is 8.36. The van der Waals surface area contributed by atoms with E-state index in [1.165, 1.54) is 6.07 Å². The Bertz CT molecular complexity index is 1020. The van der Waals surface area contributed by atoms with Gasteiger partial charge in [-0.3, -0.25) is 18.9 Å². The number of aliphatic hydroxyl groups is 1. The van der Waals surface area contributed by atoms with Gasteiger partial charge in [-0.25, -0.2) is 4.79 Å². The molecular formula is C17H18N2NaO8P. The molecule has 0 spiro atoms. The van der Waals surface area contributed by atoms with E-state index in [0.717, 1.165) is 10.1 Å². The Morgan fingerprint density at radius 1 is 1.31 bits per heavy atom. The number of ether oxygens (including phenoxy) is 1. The van der Waals surface area contributed by atoms with Crippen molar-refractivity contribution in [2.45, 2.75) is 24.9 Å². The number of aliphatic hydroxyl groups excluding tert-OH is 1. The Labute approximate surface area is 187 Å². The SMILES string of the molecule is O=c1cc(/C=C/c2ccccc2)n([C@H]2C[C@H](O)[C@@H](COP(=O)([O-])O)O2)c(=O)[nH]1.[Na+]. The molecule has 1 aliphatic heterocycles. The van der Waals surface area contributed by atoms with Crippen LogP contribution in [0, 0.1) is 0 Å². The van der Waals surface area contributed by atoms with Crippen LogP contribution in [0.5, 0.6) is 0 Å². The summed E-state index contributed by atoms with van der Waals surface area (Å²) in [4.78, 5) is 45.6. The number of rotatable bonds is 6. The van der Waals surface area contributed by atoms with Crippen LogP contribution in [0.1, 0.15) is 23.9 Å². The molecule has 4 atom stereocenters. The molecule has 3 rings (SSSR count). The first kappa shape index (κ1) is 23.9. The fourth-order valence-electron chi connectivity index (χ4n) is 2.88. The van der Waals surface area contributed by atoms with E-state index in [9.17, 15) is 24.2 Å². The molecule has 3 N–H and O–H groups in total. The van der Waals surface area contributed by atoms with Crippen molar-refractivity contribution in [2.75, 3.05) is 6.61 Å². The molecule has 2 heterocycles. The molecule has 1 aromatic heterocycles. The van der Waals surface area contributed by atoms with Gasteiger partial charge in [-0.15, -0.1) is 0 Å². The van der Waals surface area contributed by atoms with Gasteiger partial charge in [0.15, 0.2) is 0 Å². The summed E-state index contributed by atoms with van der Waals surface area (Å²) in [7, 11) is -4.98. The first-order chi connectivity index (χ1) is 13.2. The van der Waals surface area contributed by atoms with Crippen LogP contribution in [0.25, 0.3) is 12.2 Å². The predicted octanol–water partition coefficient (Wildman–Crippen LogP) is -3.16. The summed E-state index contributed by atoms with van der Waals surface area (Å²) < 4.78 is 21.7. The van der Waals surface area contributed by atoms with Gasteiger partial charge in [0.1, 0.15) is 12.3 Å². The Morgan fingerprint density at radius 3 is 2.66 bits per heavy atom. The van der Waals surface area contributed by atoms with E-state index in [-0.39, 0.29) is 41.7 Å². The van der Waals surface area contributed by atoms with Gasteiger partial charge in [-0.05, 0) is 11.6 Å². The number of hydrogen-bond donors (Lipinski definition) is 3. The average Bonchev–Trinajstić information content (AvgIpc) is 2.98. The maximum atomic E-state index is 12.3. The second-order valence-corrected chi connectivity index (χ2v) is 7.37. The third-order valence-corrected chi connectivity index (χ3v) is 4.62. The van der Waals surface area contributed by atoms with Crippen molar-refractivity contribution in [3.8, 4) is 0 Å². The van der Waals surface area contributed by atoms with Crippen LogP contribution in [0.2, 0.25) is 0 Å². The minimum absolute atomic E-state index is 0. The van der Waals surface area contributed by atoms with Gasteiger partial charge in [0.05, 0.1) is 18.4 Å². The molecule has 1 saturated heterocycles. The smallest absolute Gasteiger partial charge is 0.756 e. The summed E-state index contributed by atoms with van der Waals surface area (Å²) in [5, 5.41) is 10.1. The third-order valence-electron chi connectivity index (χ3n) is 4.15. The number of hydrogen-bond acceptors (Lipinski definition) is 7. The first-order valence-corrected chi connectivity index (χ1v) is 9.83. The van der Waals surface area contributed by atoms with Crippen LogP contribution in [0.3, 0.4) is 0 Å². The molecule has 10 nitrogen and oxygen atoms in total. The fourth-order valence-corrected chi connectivity index (χ4v) is 3.22. The van der Waals surface area contributed by atoms with Crippen LogP contribution >= 0.6 is 7.82 Å². The minimum atomic E-state index is -4.98. The second-order valence-electron chi connectivity index (χ2n) is 6.17. The molecule has 0 aliphatic carbocycles. The van der Waals surface area contributed by atoms with Gasteiger partial charge in [0, 0.05) is 12.5 Å². The summed E-state index contributed by atoms with van der Waals surface area (Å²) in [6.07, 6.45) is 0.0424. The number of aromatic amines is 1. The monoisotopic (exact) mass is 432 g/mol. The fraction of sp³-hybridized carbons (Fsp3) is 0.294. The van der Waals surface area contributed by atoms with E-state index in [1.807, 2.05) is 30.3 Å². The van der Waals surface area contributed by atoms with Crippen LogP contribution < -0.4 is 45.7 Å². The number of aromatic nitrogens is 2. The zero-order valence-electron chi connectivity index (χ0n) is 15.5. The largest absolute Gasteiger partial charge is 1.00 e. The van der Waals surface area contributed by atoms with E-state index >= 15 is 0 Å². The van der Waals surface area contributed by atoms with Crippen LogP contribution in [0.15, 0.2) is 46.0 Å². The number of benzene rings is 1. The molecule has 29 heavy (non-hydrogen) atoms. The molecular weight excluding hydrogens is 414 g/mol. The van der Waals surface area contributed by atoms with Gasteiger partial charge >= 0.3 is 35.2 Å². The molecule has 150 valence electrons. The molecule has 0 saturated carbocycles. The third kappa shape index (κ3) is 6.58. The Balaban J connectivity index is 0.00000300. The van der Waals surface area contributed by atoms with Crippen molar-refractivity contribution >= 4 is 20.0 Å². The first-order valence-electron chi connectivity index (χ1n) is 8.34. The van der Waals surface area contributed by atoms with E-state index in [1.54, 1.807) is 12.2 Å². The molecule has 1 fully saturated rings. The standard InChI is InChI=1S/C17H19N2O8P.Na/c20-13-9-16(27-14(13)10-26-28(23,24)25)19-12(8-15(21)18-17(19)22)7-6-11-4-2-1-3-5-11;/h1-8,13-14,16,20H,9-10H2,(H,18,21,22)(H2,23,24,25);/q;+1/p-1/b7-6+;/t13-,14+,16+;/m0./s1. The van der Waals surface area contributed by atoms with E-state index in [4.69, 9.17) is 9.63 Å². The van der Waals surface area contributed by atoms with Crippen molar-refractivity contribution in [1.29, 1.82) is 0 Å². The van der Waals surface area contributed by atoms with Gasteiger partial charge in [-0.1, -0.05) is 36.4 Å². The van der Waals surface area contributed by atoms with Crippen LogP contribution in [0.4, 0.5) is 0 Å². The van der Waals surface area contributed by atoms with E-state index in [2.05, 4.69) is 9.51 Å². The van der Waals surface area contributed by atoms with Gasteiger partial charge in [-0.2, -0.15) is 0 Å². The van der Waals surface area contributed by atoms with Crippen molar-refractivity contribution in [3.05, 3.63) is 68.5 Å². The maximum Gasteiger partial charge on any atom is 1.00 e. The van der Waals surface area contributed by atoms with E-state index in [0.29, 0.717) is 0 Å². The van der Waals surface area contributed by atoms with Crippen LogP contribution in [-0.2, 0) is 13.8 Å². The molecule has 1 aliphatic rings. The van der Waals surface area contributed by atoms with Gasteiger partial charge in [0.2, 0.25) is 0 Å². The molecule has 1 unspecified atom stereocenters. The summed E-state index contributed by atoms with van der Waals surface area (Å²) >= 11 is 0. The van der Waals surface area contributed by atoms with Crippen LogP contribution in [-0.4, -0.2) is 38.4 Å². The molecule has 1 aromatic carbocycles. The average molecular weight is 432 g/mol. The number of H-pyrrole nitrogens is 1. The number of phosphoric acid groups is 1. The van der Waals surface area contributed by atoms with Crippen molar-refractivity contribution in [3.63, 3.8) is 0 Å². The maximum absolute atomic E-state index is 12.3. The van der Waals surface area contributed by atoms with Crippen molar-refractivity contribution in [2.24, 2.45) is 0 Å². The summed E-state index contributed by atoms with van der Waals surface area (Å²) in [6.45, 7) is -0.609. The predicted molar refractivity (Wildman–Crippen MR) is 97.0 cm³/mol. The number of nitrogens with zero attached hydrogens (tertiary/aromatic N) is 1. The second kappa shape index (κ2) is 10.1. The number of phosphoric ester groups is 1. The van der Waals surface area contributed by atoms with Crippen molar-refractivity contribution < 1.29 is 58.3 Å². The quantitative estimate of drug-likeness (QED) is 0.319. The zero-order valence-corrected chi connectivity index (χ0v) is 18.4. The topological polar surface area (TPSA) is 154 Å². The summed E-state index contributed by atoms with van der Waals surface area (Å²) in [5.41, 5.74) is -0.252. The molecule has 0 bridgehead atoms. The molecule has 12 heteroatoms. The van der Waals surface area contributed by atoms with Gasteiger partial charge in [0.25, 0.3) is 13.4 Å². The molecule has 2 aromatic rings. The Hall–Kier alpha value is -1.33. The zero-order chi connectivity index (χ0) is 20.3. The minimum Gasteiger partial charge on any atom is -0.756 e. The molecule has 0 radical (unpaired) electrons. The Morgan fingerprint density at radius 2 is 2.00 bits per heavy atom. The number of nitrogens with one attached hydrogen (secondary N) is 1. The van der Waals surface area contributed by atoms with Crippen molar-refractivity contribution in [1.82, 2.24) is 9.55 Å². The summed E-state index contributed by atoms with van der Waals surface area (Å²) in [6, 6.07) is 10.4. The summed E-state index contributed by atoms with van der Waals surface area (Å²) in [5.74, 6) is 0. The van der Waals surface area contributed by atoms with Gasteiger partial charge < -0.3 is 24.2 Å². The molecule has 0 amide bonds. The normalized spacial score (nSPS) is 23.6.